The van der Waals surface area contributed by atoms with Crippen molar-refractivity contribution in [2.45, 2.75) is 33.2 Å². The fourth-order valence-electron chi connectivity index (χ4n) is 2.17. The van der Waals surface area contributed by atoms with Crippen molar-refractivity contribution >= 4 is 5.96 Å². The summed E-state index contributed by atoms with van der Waals surface area (Å²) in [5, 5.41) is 10.8. The smallest absolute Gasteiger partial charge is 0.191 e. The Kier molecular flexibility index (Phi) is 7.10. The van der Waals surface area contributed by atoms with Gasteiger partial charge in [-0.2, -0.15) is 5.10 Å². The van der Waals surface area contributed by atoms with Gasteiger partial charge in [0.15, 0.2) is 5.96 Å². The lowest BCUT2D eigenvalue weighted by Crippen LogP contribution is -2.38. The summed E-state index contributed by atoms with van der Waals surface area (Å²) in [5.74, 6) is 0.869. The maximum Gasteiger partial charge on any atom is 0.191 e. The van der Waals surface area contributed by atoms with E-state index in [0.717, 1.165) is 50.7 Å². The molecule has 2 rings (SSSR count). The average Bonchev–Trinajstić information content (AvgIpc) is 3.07. The number of hydrogen-bond acceptors (Lipinski definition) is 3. The minimum atomic E-state index is 0.779. The third-order valence-electron chi connectivity index (χ3n) is 3.40. The Bertz CT molecular complexity index is 574. The summed E-state index contributed by atoms with van der Waals surface area (Å²) in [4.78, 5) is 8.91. The van der Waals surface area contributed by atoms with Crippen LogP contribution < -0.4 is 10.6 Å². The monoisotopic (exact) mass is 314 g/mol. The zero-order valence-corrected chi connectivity index (χ0v) is 14.0. The minimum Gasteiger partial charge on any atom is -0.357 e. The number of aromatic nitrogens is 3. The first-order chi connectivity index (χ1) is 11.3. The molecule has 0 unspecified atom stereocenters. The van der Waals surface area contributed by atoms with Crippen LogP contribution in [0.3, 0.4) is 0 Å². The molecule has 0 aliphatic heterocycles. The Morgan fingerprint density at radius 1 is 1.30 bits per heavy atom. The van der Waals surface area contributed by atoms with Crippen LogP contribution in [0.5, 0.6) is 0 Å². The standard InChI is InChI=1S/C17H26N6/c1-3-18-17(19-9-4-12-23-13-5-10-22-23)20-11-8-16-7-6-15(2)21-14-16/h5-7,10,13-14H,3-4,8-9,11-12H2,1-2H3,(H2,18,19,20). The van der Waals surface area contributed by atoms with Gasteiger partial charge in [-0.1, -0.05) is 6.07 Å². The van der Waals surface area contributed by atoms with E-state index in [9.17, 15) is 0 Å². The number of rotatable bonds is 8. The molecule has 0 bridgehead atoms. The highest BCUT2D eigenvalue weighted by Crippen LogP contribution is 1.99. The second-order valence-corrected chi connectivity index (χ2v) is 5.37. The van der Waals surface area contributed by atoms with E-state index in [2.05, 4.69) is 38.7 Å². The van der Waals surface area contributed by atoms with Gasteiger partial charge in [-0.15, -0.1) is 0 Å². The number of guanidine groups is 1. The lowest BCUT2D eigenvalue weighted by atomic mass is 10.2. The number of aryl methyl sites for hydroxylation is 2. The quantitative estimate of drug-likeness (QED) is 0.443. The summed E-state index contributed by atoms with van der Waals surface area (Å²) in [6, 6.07) is 6.11. The zero-order valence-electron chi connectivity index (χ0n) is 14.0. The van der Waals surface area contributed by atoms with Crippen molar-refractivity contribution in [2.24, 2.45) is 4.99 Å². The van der Waals surface area contributed by atoms with E-state index in [1.807, 2.05) is 36.1 Å². The van der Waals surface area contributed by atoms with Gasteiger partial charge in [0.25, 0.3) is 0 Å². The third-order valence-corrected chi connectivity index (χ3v) is 3.40. The first-order valence-corrected chi connectivity index (χ1v) is 8.19. The van der Waals surface area contributed by atoms with Crippen LogP contribution >= 0.6 is 0 Å². The molecule has 0 saturated heterocycles. The molecule has 124 valence electrons. The minimum absolute atomic E-state index is 0.779. The van der Waals surface area contributed by atoms with Crippen molar-refractivity contribution in [1.82, 2.24) is 25.4 Å². The second kappa shape index (κ2) is 9.61. The van der Waals surface area contributed by atoms with Crippen molar-refractivity contribution in [3.05, 3.63) is 48.0 Å². The highest BCUT2D eigenvalue weighted by Gasteiger charge is 1.98. The molecule has 0 radical (unpaired) electrons. The van der Waals surface area contributed by atoms with Gasteiger partial charge in [0.1, 0.15) is 0 Å². The largest absolute Gasteiger partial charge is 0.357 e. The SMILES string of the molecule is CCNC(=NCCCn1cccn1)NCCc1ccc(C)nc1. The van der Waals surface area contributed by atoms with Crippen LogP contribution in [0.2, 0.25) is 0 Å². The van der Waals surface area contributed by atoms with Crippen molar-refractivity contribution in [2.75, 3.05) is 19.6 Å². The maximum atomic E-state index is 4.60. The molecule has 0 atom stereocenters. The summed E-state index contributed by atoms with van der Waals surface area (Å²) in [6.07, 6.45) is 7.62. The molecule has 6 nitrogen and oxygen atoms in total. The molecule has 2 aromatic heterocycles. The van der Waals surface area contributed by atoms with Crippen LogP contribution in [0.25, 0.3) is 0 Å². The number of hydrogen-bond donors (Lipinski definition) is 2. The molecule has 2 heterocycles. The van der Waals surface area contributed by atoms with Gasteiger partial charge in [-0.25, -0.2) is 0 Å². The van der Waals surface area contributed by atoms with E-state index in [4.69, 9.17) is 0 Å². The summed E-state index contributed by atoms with van der Waals surface area (Å²) >= 11 is 0. The molecular weight excluding hydrogens is 288 g/mol. The van der Waals surface area contributed by atoms with Crippen LogP contribution in [0, 0.1) is 6.92 Å². The summed E-state index contributed by atoms with van der Waals surface area (Å²) < 4.78 is 1.93. The van der Waals surface area contributed by atoms with E-state index in [1.54, 1.807) is 6.20 Å². The predicted molar refractivity (Wildman–Crippen MR) is 93.5 cm³/mol. The molecule has 6 heteroatoms. The van der Waals surface area contributed by atoms with E-state index in [1.165, 1.54) is 5.56 Å². The Labute approximate surface area is 138 Å². The van der Waals surface area contributed by atoms with Gasteiger partial charge in [-0.3, -0.25) is 14.7 Å². The highest BCUT2D eigenvalue weighted by atomic mass is 15.3. The van der Waals surface area contributed by atoms with Crippen LogP contribution in [0.15, 0.2) is 41.8 Å². The van der Waals surface area contributed by atoms with E-state index in [0.29, 0.717) is 0 Å². The molecule has 2 N–H and O–H groups in total. The van der Waals surface area contributed by atoms with E-state index >= 15 is 0 Å². The first-order valence-electron chi connectivity index (χ1n) is 8.19. The van der Waals surface area contributed by atoms with Crippen molar-refractivity contribution in [3.63, 3.8) is 0 Å². The topological polar surface area (TPSA) is 67.1 Å². The average molecular weight is 314 g/mol. The Hall–Kier alpha value is -2.37. The normalized spacial score (nSPS) is 11.5. The van der Waals surface area contributed by atoms with Gasteiger partial charge in [0.05, 0.1) is 0 Å². The van der Waals surface area contributed by atoms with Crippen LogP contribution in [0.4, 0.5) is 0 Å². The zero-order chi connectivity index (χ0) is 16.3. The second-order valence-electron chi connectivity index (χ2n) is 5.37. The molecule has 0 saturated carbocycles. The fourth-order valence-corrected chi connectivity index (χ4v) is 2.17. The molecule has 0 aromatic carbocycles. The van der Waals surface area contributed by atoms with Crippen LogP contribution in [-0.4, -0.2) is 40.4 Å². The van der Waals surface area contributed by atoms with E-state index < -0.39 is 0 Å². The lowest BCUT2D eigenvalue weighted by molar-refractivity contribution is 0.584. The van der Waals surface area contributed by atoms with Gasteiger partial charge in [-0.05, 0) is 44.4 Å². The first kappa shape index (κ1) is 17.0. The number of nitrogens with one attached hydrogen (secondary N) is 2. The molecule has 0 spiro atoms. The van der Waals surface area contributed by atoms with Crippen LogP contribution in [0.1, 0.15) is 24.6 Å². The number of aliphatic imine (C=N–C) groups is 1. The molecule has 0 fully saturated rings. The fraction of sp³-hybridized carbons (Fsp3) is 0.471. The highest BCUT2D eigenvalue weighted by molar-refractivity contribution is 5.79. The van der Waals surface area contributed by atoms with Gasteiger partial charge < -0.3 is 10.6 Å². The Morgan fingerprint density at radius 2 is 2.22 bits per heavy atom. The third kappa shape index (κ3) is 6.50. The summed E-state index contributed by atoms with van der Waals surface area (Å²) in [5.41, 5.74) is 2.28. The van der Waals surface area contributed by atoms with Gasteiger partial charge in [0, 0.05) is 50.5 Å². The molecule has 2 aromatic rings. The molecular formula is C17H26N6. The predicted octanol–water partition coefficient (Wildman–Crippen LogP) is 1.77. The van der Waals surface area contributed by atoms with Crippen molar-refractivity contribution in [3.8, 4) is 0 Å². The molecule has 0 aliphatic rings. The Morgan fingerprint density at radius 3 is 2.91 bits per heavy atom. The summed E-state index contributed by atoms with van der Waals surface area (Å²) in [7, 11) is 0. The van der Waals surface area contributed by atoms with Crippen LogP contribution in [-0.2, 0) is 13.0 Å². The maximum absolute atomic E-state index is 4.60. The van der Waals surface area contributed by atoms with E-state index in [-0.39, 0.29) is 0 Å². The molecule has 23 heavy (non-hydrogen) atoms. The van der Waals surface area contributed by atoms with Crippen molar-refractivity contribution in [1.29, 1.82) is 0 Å². The van der Waals surface area contributed by atoms with Crippen molar-refractivity contribution < 1.29 is 0 Å². The number of nitrogens with zero attached hydrogens (tertiary/aromatic N) is 4. The number of pyridine rings is 1. The lowest BCUT2D eigenvalue weighted by Gasteiger charge is -2.11. The molecule has 0 amide bonds. The van der Waals surface area contributed by atoms with Gasteiger partial charge in [0.2, 0.25) is 0 Å². The Balaban J connectivity index is 1.71. The summed E-state index contributed by atoms with van der Waals surface area (Å²) in [6.45, 7) is 7.45. The van der Waals surface area contributed by atoms with Gasteiger partial charge >= 0.3 is 0 Å². The molecule has 0 aliphatic carbocycles.